The number of nitrogens with one attached hydrogen (secondary N) is 2. The van der Waals surface area contributed by atoms with E-state index in [0.717, 1.165) is 45.9 Å². The summed E-state index contributed by atoms with van der Waals surface area (Å²) < 4.78 is 11.0. The fraction of sp³-hybridized carbons (Fsp3) is 0.625. The molecular formula is C16H24N4O3. The molecule has 7 nitrogen and oxygen atoms in total. The highest BCUT2D eigenvalue weighted by Gasteiger charge is 2.31. The Balaban J connectivity index is 1.54. The number of carbonyl (C=O) groups excluding carboxylic acids is 1. The summed E-state index contributed by atoms with van der Waals surface area (Å²) in [6, 6.07) is 3.70. The predicted molar refractivity (Wildman–Crippen MR) is 86.4 cm³/mol. The summed E-state index contributed by atoms with van der Waals surface area (Å²) in [6.45, 7) is 5.53. The Morgan fingerprint density at radius 2 is 2.22 bits per heavy atom. The average molecular weight is 320 g/mol. The number of ether oxygens (including phenoxy) is 2. The summed E-state index contributed by atoms with van der Waals surface area (Å²) in [5.41, 5.74) is 0.692. The van der Waals surface area contributed by atoms with E-state index in [2.05, 4.69) is 20.5 Å². The number of rotatable bonds is 5. The van der Waals surface area contributed by atoms with Gasteiger partial charge in [0, 0.05) is 44.4 Å². The van der Waals surface area contributed by atoms with Gasteiger partial charge in [0.05, 0.1) is 31.7 Å². The lowest BCUT2D eigenvalue weighted by Gasteiger charge is -2.37. The second kappa shape index (κ2) is 8.24. The Kier molecular flexibility index (Phi) is 5.79. The Labute approximate surface area is 136 Å². The van der Waals surface area contributed by atoms with Gasteiger partial charge in [0.1, 0.15) is 0 Å². The van der Waals surface area contributed by atoms with Gasteiger partial charge in [-0.15, -0.1) is 0 Å². The van der Waals surface area contributed by atoms with E-state index in [0.29, 0.717) is 24.2 Å². The minimum Gasteiger partial charge on any atom is -0.381 e. The third kappa shape index (κ3) is 4.63. The Bertz CT molecular complexity index is 487. The second-order valence-corrected chi connectivity index (χ2v) is 5.92. The van der Waals surface area contributed by atoms with Crippen molar-refractivity contribution >= 4 is 11.7 Å². The van der Waals surface area contributed by atoms with Crippen LogP contribution in [0.15, 0.2) is 24.5 Å². The molecule has 0 bridgehead atoms. The summed E-state index contributed by atoms with van der Waals surface area (Å²) in [4.78, 5) is 18.5. The van der Waals surface area contributed by atoms with E-state index in [1.807, 2.05) is 6.07 Å². The van der Waals surface area contributed by atoms with Crippen molar-refractivity contribution in [3.63, 3.8) is 0 Å². The lowest BCUT2D eigenvalue weighted by atomic mass is 9.97. The molecule has 3 rings (SSSR count). The molecule has 3 heterocycles. The van der Waals surface area contributed by atoms with E-state index in [9.17, 15) is 4.79 Å². The standard InChI is InChI=1S/C16H24N4O3/c21-16(19-14-2-1-4-17-10-14)18-11-15(13-3-7-23-12-13)20-5-8-22-9-6-20/h1-2,4,10,13,15H,3,5-9,11-12H2,(H2,18,19,21)/t13-,15-/m1/s1. The minimum atomic E-state index is -0.199. The smallest absolute Gasteiger partial charge is 0.319 e. The number of nitrogens with zero attached hydrogens (tertiary/aromatic N) is 2. The molecule has 1 aromatic heterocycles. The van der Waals surface area contributed by atoms with E-state index in [4.69, 9.17) is 9.47 Å². The molecule has 2 aliphatic heterocycles. The van der Waals surface area contributed by atoms with Crippen LogP contribution in [0.1, 0.15) is 6.42 Å². The zero-order valence-electron chi connectivity index (χ0n) is 13.2. The number of carbonyl (C=O) groups is 1. The van der Waals surface area contributed by atoms with Gasteiger partial charge in [-0.3, -0.25) is 9.88 Å². The summed E-state index contributed by atoms with van der Waals surface area (Å²) in [7, 11) is 0. The molecule has 0 unspecified atom stereocenters. The first-order valence-corrected chi connectivity index (χ1v) is 8.17. The zero-order valence-corrected chi connectivity index (χ0v) is 13.2. The molecular weight excluding hydrogens is 296 g/mol. The highest BCUT2D eigenvalue weighted by molar-refractivity contribution is 5.88. The third-order valence-corrected chi connectivity index (χ3v) is 4.41. The number of hydrogen-bond acceptors (Lipinski definition) is 5. The molecule has 0 aliphatic carbocycles. The van der Waals surface area contributed by atoms with Crippen molar-refractivity contribution in [1.82, 2.24) is 15.2 Å². The molecule has 0 spiro atoms. The maximum Gasteiger partial charge on any atom is 0.319 e. The predicted octanol–water partition coefficient (Wildman–Crippen LogP) is 0.940. The van der Waals surface area contributed by atoms with Crippen LogP contribution >= 0.6 is 0 Å². The maximum absolute atomic E-state index is 12.1. The number of amides is 2. The van der Waals surface area contributed by atoms with Gasteiger partial charge in [-0.1, -0.05) is 0 Å². The van der Waals surface area contributed by atoms with Crippen LogP contribution in [-0.2, 0) is 9.47 Å². The van der Waals surface area contributed by atoms with Crippen LogP contribution in [0.3, 0.4) is 0 Å². The molecule has 2 N–H and O–H groups in total. The topological polar surface area (TPSA) is 75.7 Å². The number of hydrogen-bond donors (Lipinski definition) is 2. The number of aromatic nitrogens is 1. The molecule has 2 amide bonds. The van der Waals surface area contributed by atoms with Crippen LogP contribution in [0.2, 0.25) is 0 Å². The van der Waals surface area contributed by atoms with Gasteiger partial charge >= 0.3 is 6.03 Å². The van der Waals surface area contributed by atoms with Gasteiger partial charge in [-0.05, 0) is 18.6 Å². The van der Waals surface area contributed by atoms with E-state index < -0.39 is 0 Å². The molecule has 23 heavy (non-hydrogen) atoms. The summed E-state index contributed by atoms with van der Waals surface area (Å²) >= 11 is 0. The first-order chi connectivity index (χ1) is 11.3. The number of urea groups is 1. The molecule has 2 aliphatic rings. The van der Waals surface area contributed by atoms with Crippen molar-refractivity contribution in [1.29, 1.82) is 0 Å². The molecule has 0 aromatic carbocycles. The number of morpholine rings is 1. The lowest BCUT2D eigenvalue weighted by Crippen LogP contribution is -2.52. The van der Waals surface area contributed by atoms with Crippen LogP contribution < -0.4 is 10.6 Å². The molecule has 0 radical (unpaired) electrons. The van der Waals surface area contributed by atoms with Gasteiger partial charge in [-0.2, -0.15) is 0 Å². The van der Waals surface area contributed by atoms with Crippen LogP contribution in [0.25, 0.3) is 0 Å². The average Bonchev–Trinajstić information content (AvgIpc) is 3.11. The van der Waals surface area contributed by atoms with Gasteiger partial charge in [0.25, 0.3) is 0 Å². The molecule has 2 saturated heterocycles. The van der Waals surface area contributed by atoms with Crippen molar-refractivity contribution in [2.45, 2.75) is 12.5 Å². The van der Waals surface area contributed by atoms with Crippen molar-refractivity contribution in [3.05, 3.63) is 24.5 Å². The maximum atomic E-state index is 12.1. The first-order valence-electron chi connectivity index (χ1n) is 8.17. The lowest BCUT2D eigenvalue weighted by molar-refractivity contribution is 0.00222. The highest BCUT2D eigenvalue weighted by atomic mass is 16.5. The largest absolute Gasteiger partial charge is 0.381 e. The molecule has 1 aromatic rings. The second-order valence-electron chi connectivity index (χ2n) is 5.92. The Morgan fingerprint density at radius 3 is 2.91 bits per heavy atom. The van der Waals surface area contributed by atoms with Crippen molar-refractivity contribution in [3.8, 4) is 0 Å². The molecule has 126 valence electrons. The van der Waals surface area contributed by atoms with E-state index in [1.165, 1.54) is 0 Å². The molecule has 0 saturated carbocycles. The Hall–Kier alpha value is -1.70. The van der Waals surface area contributed by atoms with Gasteiger partial charge in [0.15, 0.2) is 0 Å². The quantitative estimate of drug-likeness (QED) is 0.844. The van der Waals surface area contributed by atoms with Gasteiger partial charge in [0.2, 0.25) is 0 Å². The fourth-order valence-corrected chi connectivity index (χ4v) is 3.17. The normalized spacial score (nSPS) is 23.4. The van der Waals surface area contributed by atoms with E-state index in [1.54, 1.807) is 18.5 Å². The zero-order chi connectivity index (χ0) is 15.9. The van der Waals surface area contributed by atoms with E-state index in [-0.39, 0.29) is 6.03 Å². The number of anilines is 1. The first kappa shape index (κ1) is 16.2. The van der Waals surface area contributed by atoms with Crippen molar-refractivity contribution in [2.75, 3.05) is 51.4 Å². The minimum absolute atomic E-state index is 0.199. The summed E-state index contributed by atoms with van der Waals surface area (Å²) in [6.07, 6.45) is 4.36. The highest BCUT2D eigenvalue weighted by Crippen LogP contribution is 2.21. The van der Waals surface area contributed by atoms with Crippen molar-refractivity contribution < 1.29 is 14.3 Å². The number of pyridine rings is 1. The van der Waals surface area contributed by atoms with Crippen LogP contribution in [0.5, 0.6) is 0 Å². The van der Waals surface area contributed by atoms with Crippen LogP contribution in [-0.4, -0.2) is 68.0 Å². The van der Waals surface area contributed by atoms with Crippen molar-refractivity contribution in [2.24, 2.45) is 5.92 Å². The molecule has 2 fully saturated rings. The fourth-order valence-electron chi connectivity index (χ4n) is 3.17. The SMILES string of the molecule is O=C(NC[C@H]([C@@H]1CCOC1)N1CCOCC1)Nc1cccnc1. The van der Waals surface area contributed by atoms with Crippen LogP contribution in [0.4, 0.5) is 10.5 Å². The summed E-state index contributed by atoms with van der Waals surface area (Å²) in [5.74, 6) is 0.465. The third-order valence-electron chi connectivity index (χ3n) is 4.41. The molecule has 7 heteroatoms. The van der Waals surface area contributed by atoms with Crippen LogP contribution in [0, 0.1) is 5.92 Å². The van der Waals surface area contributed by atoms with Gasteiger partial charge in [-0.25, -0.2) is 4.79 Å². The van der Waals surface area contributed by atoms with E-state index >= 15 is 0 Å². The van der Waals surface area contributed by atoms with Gasteiger partial charge < -0.3 is 20.1 Å². The molecule has 2 atom stereocenters. The monoisotopic (exact) mass is 320 g/mol. The Morgan fingerprint density at radius 1 is 1.35 bits per heavy atom. The summed E-state index contributed by atoms with van der Waals surface area (Å²) in [5, 5.41) is 5.79.